The molecule has 0 aliphatic rings. The largest absolute Gasteiger partial charge is 0.458 e. The molecule has 4 rings (SSSR count). The van der Waals surface area contributed by atoms with Crippen molar-refractivity contribution in [3.05, 3.63) is 129 Å². The van der Waals surface area contributed by atoms with Gasteiger partial charge >= 0.3 is 11.8 Å². The monoisotopic (exact) mass is 524 g/mol. The van der Waals surface area contributed by atoms with Gasteiger partial charge in [-0.25, -0.2) is 4.79 Å². The Labute approximate surface area is 228 Å². The number of carbonyl (C=O) groups excluding carboxylic acids is 1. The predicted octanol–water partition coefficient (Wildman–Crippen LogP) is 5.71. The Morgan fingerprint density at radius 1 is 0.949 bits per heavy atom. The predicted molar refractivity (Wildman–Crippen MR) is 151 cm³/mol. The first-order valence-electron chi connectivity index (χ1n) is 12.8. The van der Waals surface area contributed by atoms with E-state index in [1.165, 1.54) is 4.68 Å². The average Bonchev–Trinajstić information content (AvgIpc) is 3.21. The number of hydrogen-bond donors (Lipinski definition) is 0. The van der Waals surface area contributed by atoms with Gasteiger partial charge in [-0.1, -0.05) is 96.1 Å². The number of nitrogens with zero attached hydrogens (tertiary/aromatic N) is 4. The second-order valence-electron chi connectivity index (χ2n) is 10.3. The van der Waals surface area contributed by atoms with Crippen molar-refractivity contribution in [2.24, 2.45) is 12.0 Å². The maximum atomic E-state index is 13.6. The molecule has 8 nitrogen and oxygen atoms in total. The van der Waals surface area contributed by atoms with Crippen LogP contribution < -0.4 is 0 Å². The normalized spacial score (nSPS) is 12.0. The van der Waals surface area contributed by atoms with Crippen LogP contribution in [0, 0.1) is 10.1 Å². The van der Waals surface area contributed by atoms with E-state index in [1.807, 2.05) is 91.0 Å². The molecule has 1 aromatic heterocycles. The van der Waals surface area contributed by atoms with Crippen LogP contribution in [0.3, 0.4) is 0 Å². The highest BCUT2D eigenvalue weighted by Crippen LogP contribution is 2.27. The molecule has 0 unspecified atom stereocenters. The third-order valence-electron chi connectivity index (χ3n) is 6.04. The highest BCUT2D eigenvalue weighted by atomic mass is 16.6. The van der Waals surface area contributed by atoms with Crippen molar-refractivity contribution in [3.8, 4) is 0 Å². The molecule has 0 fully saturated rings. The van der Waals surface area contributed by atoms with Crippen molar-refractivity contribution in [3.63, 3.8) is 0 Å². The van der Waals surface area contributed by atoms with Gasteiger partial charge in [0.05, 0.1) is 17.0 Å². The molecule has 8 heteroatoms. The van der Waals surface area contributed by atoms with Gasteiger partial charge in [0.25, 0.3) is 0 Å². The van der Waals surface area contributed by atoms with E-state index < -0.39 is 22.5 Å². The molecule has 200 valence electrons. The lowest BCUT2D eigenvalue weighted by atomic mass is 9.99. The summed E-state index contributed by atoms with van der Waals surface area (Å²) in [7, 11) is 1.54. The molecule has 0 N–H and O–H groups in total. The highest BCUT2D eigenvalue weighted by Gasteiger charge is 2.33. The van der Waals surface area contributed by atoms with E-state index in [-0.39, 0.29) is 12.2 Å². The molecule has 0 radical (unpaired) electrons. The first-order chi connectivity index (χ1) is 18.6. The number of rotatable bonds is 9. The van der Waals surface area contributed by atoms with Crippen molar-refractivity contribution in [1.82, 2.24) is 9.78 Å². The van der Waals surface area contributed by atoms with Gasteiger partial charge in [-0.2, -0.15) is 0 Å². The van der Waals surface area contributed by atoms with Crippen LogP contribution in [0.25, 0.3) is 0 Å². The molecule has 0 aliphatic heterocycles. The van der Waals surface area contributed by atoms with E-state index in [4.69, 9.17) is 9.73 Å². The number of hydrogen-bond acceptors (Lipinski definition) is 6. The summed E-state index contributed by atoms with van der Waals surface area (Å²) in [6, 6.07) is 27.7. The zero-order chi connectivity index (χ0) is 28.0. The van der Waals surface area contributed by atoms with E-state index in [9.17, 15) is 14.9 Å². The number of benzene rings is 3. The smallest absolute Gasteiger partial charge is 0.348 e. The second kappa shape index (κ2) is 11.9. The van der Waals surface area contributed by atoms with E-state index in [2.05, 4.69) is 5.10 Å². The summed E-state index contributed by atoms with van der Waals surface area (Å²) in [5.74, 6) is -0.721. The highest BCUT2D eigenvalue weighted by molar-refractivity contribution is 6.13. The lowest BCUT2D eigenvalue weighted by molar-refractivity contribution is -0.393. The van der Waals surface area contributed by atoms with E-state index >= 15 is 0 Å². The Kier molecular flexibility index (Phi) is 8.34. The number of nitro groups is 1. The van der Waals surface area contributed by atoms with E-state index in [0.717, 1.165) is 16.7 Å². The van der Waals surface area contributed by atoms with Crippen molar-refractivity contribution in [1.29, 1.82) is 0 Å². The molecule has 0 aliphatic carbocycles. The first kappa shape index (κ1) is 27.4. The van der Waals surface area contributed by atoms with Crippen LogP contribution in [0.2, 0.25) is 0 Å². The molecule has 0 bridgehead atoms. The summed E-state index contributed by atoms with van der Waals surface area (Å²) >= 11 is 0. The van der Waals surface area contributed by atoms with Gasteiger partial charge in [-0.15, -0.1) is 4.68 Å². The van der Waals surface area contributed by atoms with Crippen LogP contribution in [0.5, 0.6) is 0 Å². The molecule has 1 heterocycles. The van der Waals surface area contributed by atoms with Crippen LogP contribution in [0.1, 0.15) is 48.7 Å². The van der Waals surface area contributed by atoms with Crippen LogP contribution in [-0.4, -0.2) is 38.0 Å². The minimum atomic E-state index is -1.04. The number of aromatic nitrogens is 2. The zero-order valence-electron chi connectivity index (χ0n) is 22.6. The molecule has 0 saturated heterocycles. The summed E-state index contributed by atoms with van der Waals surface area (Å²) in [4.78, 5) is 30.2. The number of aliphatic imine (C=N–C) groups is 1. The van der Waals surface area contributed by atoms with Crippen molar-refractivity contribution >= 4 is 17.5 Å². The molecule has 0 spiro atoms. The number of ether oxygens (including phenoxy) is 1. The van der Waals surface area contributed by atoms with Crippen molar-refractivity contribution in [2.45, 2.75) is 45.3 Å². The summed E-state index contributed by atoms with van der Waals surface area (Å²) in [5, 5.41) is 16.6. The van der Waals surface area contributed by atoms with Crippen LogP contribution in [0.4, 0.5) is 5.82 Å². The Balaban J connectivity index is 1.85. The van der Waals surface area contributed by atoms with Crippen LogP contribution >= 0.6 is 0 Å². The van der Waals surface area contributed by atoms with Gasteiger partial charge in [0.15, 0.2) is 6.04 Å². The third kappa shape index (κ3) is 7.04. The van der Waals surface area contributed by atoms with Gasteiger partial charge in [-0.05, 0) is 31.3 Å². The van der Waals surface area contributed by atoms with Crippen molar-refractivity contribution in [2.75, 3.05) is 0 Å². The molecular formula is C31H32N4O4. The van der Waals surface area contributed by atoms with Gasteiger partial charge in [-0.3, -0.25) is 4.99 Å². The average molecular weight is 525 g/mol. The van der Waals surface area contributed by atoms with Gasteiger partial charge in [0.1, 0.15) is 12.6 Å². The minimum absolute atomic E-state index is 0.0373. The lowest BCUT2D eigenvalue weighted by Crippen LogP contribution is -2.33. The maximum Gasteiger partial charge on any atom is 0.348 e. The zero-order valence-corrected chi connectivity index (χ0v) is 22.6. The SMILES string of the molecule is Cn1nc(Cc2ccccc2)c(C[C@H](N=C(c2ccccc2)c2ccccc2)C(=O)OC(C)(C)C)c1[N+](=O)[O-]. The fourth-order valence-corrected chi connectivity index (χ4v) is 4.39. The maximum absolute atomic E-state index is 13.6. The summed E-state index contributed by atoms with van der Waals surface area (Å²) in [6.07, 6.45) is 0.344. The molecule has 4 aromatic rings. The topological polar surface area (TPSA) is 99.6 Å². The Bertz CT molecular complexity index is 1420. The number of carbonyl (C=O) groups is 1. The van der Waals surface area contributed by atoms with Gasteiger partial charge in [0.2, 0.25) is 0 Å². The number of esters is 1. The van der Waals surface area contributed by atoms with Gasteiger partial charge < -0.3 is 14.9 Å². The van der Waals surface area contributed by atoms with Crippen LogP contribution in [-0.2, 0) is 29.4 Å². The fourth-order valence-electron chi connectivity index (χ4n) is 4.39. The summed E-state index contributed by atoms with van der Waals surface area (Å²) in [5.41, 5.74) is 3.33. The Morgan fingerprint density at radius 2 is 1.46 bits per heavy atom. The molecule has 1 atom stereocenters. The first-order valence-corrected chi connectivity index (χ1v) is 12.8. The Morgan fingerprint density at radius 3 is 1.95 bits per heavy atom. The second-order valence-corrected chi connectivity index (χ2v) is 10.3. The molecule has 3 aromatic carbocycles. The standard InChI is InChI=1S/C31H32N4O4/c1-31(2,3)39-30(36)27(32-28(23-16-10-6-11-17-23)24-18-12-7-13-19-24)21-25-26(20-22-14-8-5-9-15-22)33-34(4)29(25)35(37)38/h5-19,27H,20-21H2,1-4H3/t27-/m0/s1. The Hall–Kier alpha value is -4.59. The molecule has 39 heavy (non-hydrogen) atoms. The minimum Gasteiger partial charge on any atom is -0.458 e. The lowest BCUT2D eigenvalue weighted by Gasteiger charge is -2.23. The van der Waals surface area contributed by atoms with Gasteiger partial charge in [0, 0.05) is 24.0 Å². The third-order valence-corrected chi connectivity index (χ3v) is 6.04. The summed E-state index contributed by atoms with van der Waals surface area (Å²) < 4.78 is 7.03. The molecule has 0 saturated carbocycles. The molecular weight excluding hydrogens is 492 g/mol. The summed E-state index contributed by atoms with van der Waals surface area (Å²) in [6.45, 7) is 5.36. The van der Waals surface area contributed by atoms with E-state index in [0.29, 0.717) is 23.4 Å². The fraction of sp³-hybridized carbons (Fsp3) is 0.258. The van der Waals surface area contributed by atoms with E-state index in [1.54, 1.807) is 27.8 Å². The quantitative estimate of drug-likeness (QED) is 0.121. The molecule has 0 amide bonds. The number of aryl methyl sites for hydroxylation is 1. The van der Waals surface area contributed by atoms with Crippen molar-refractivity contribution < 1.29 is 14.5 Å². The van der Waals surface area contributed by atoms with Crippen LogP contribution in [0.15, 0.2) is 96.0 Å².